The Balaban J connectivity index is 2.19. The molecule has 0 N–H and O–H groups in total. The molecule has 3 rings (SSSR count). The molecule has 1 aliphatic rings. The summed E-state index contributed by atoms with van der Waals surface area (Å²) in [7, 11) is -6.24. The Labute approximate surface area is 209 Å². The first-order chi connectivity index (χ1) is 16.3. The van der Waals surface area contributed by atoms with Crippen molar-refractivity contribution in [2.75, 3.05) is 6.26 Å². The predicted octanol–water partition coefficient (Wildman–Crippen LogP) is 7.19. The van der Waals surface area contributed by atoms with E-state index in [-0.39, 0.29) is 5.56 Å². The Morgan fingerprint density at radius 2 is 1.54 bits per heavy atom. The molecule has 0 radical (unpaired) electrons. The highest BCUT2D eigenvalue weighted by Gasteiger charge is 2.48. The predicted molar refractivity (Wildman–Crippen MR) is 136 cm³/mol. The van der Waals surface area contributed by atoms with Gasteiger partial charge in [-0.3, -0.25) is 9.17 Å². The average Bonchev–Trinajstić information content (AvgIpc) is 2.89. The van der Waals surface area contributed by atoms with Crippen LogP contribution in [0.4, 0.5) is 8.78 Å². The average molecular weight is 526 g/mol. The van der Waals surface area contributed by atoms with Gasteiger partial charge in [-0.05, 0) is 47.2 Å². The lowest BCUT2D eigenvalue weighted by Gasteiger charge is -2.44. The lowest BCUT2D eigenvalue weighted by molar-refractivity contribution is 0.154. The molecule has 5 nitrogen and oxygen atoms in total. The van der Waals surface area contributed by atoms with Gasteiger partial charge in [0.15, 0.2) is 11.6 Å². The van der Waals surface area contributed by atoms with E-state index in [9.17, 15) is 17.2 Å². The van der Waals surface area contributed by atoms with Gasteiger partial charge in [-0.2, -0.15) is 8.42 Å². The fourth-order valence-electron chi connectivity index (χ4n) is 5.98. The van der Waals surface area contributed by atoms with Crippen LogP contribution in [-0.2, 0) is 18.7 Å². The molecule has 1 aromatic carbocycles. The summed E-state index contributed by atoms with van der Waals surface area (Å²) in [4.78, 5) is 4.63. The highest BCUT2D eigenvalue weighted by Crippen LogP contribution is 2.51. The Kier molecular flexibility index (Phi) is 8.56. The summed E-state index contributed by atoms with van der Waals surface area (Å²) in [5.41, 5.74) is 2.23. The number of pyridine rings is 1. The Hall–Kier alpha value is -1.68. The third kappa shape index (κ3) is 5.68. The minimum absolute atomic E-state index is 0.0918. The quantitative estimate of drug-likeness (QED) is 0.207. The van der Waals surface area contributed by atoms with E-state index < -0.39 is 48.2 Å². The largest absolute Gasteiger partial charge is 0.408 e. The van der Waals surface area contributed by atoms with Crippen LogP contribution >= 0.6 is 0 Å². The second kappa shape index (κ2) is 10.7. The molecular formula is C26H37F2NO4SSi. The SMILES string of the molecule is CC(C)[Si](OC1CCC(c2cccc(F)c2F)C(OS(C)(=O)=O)c2cccnc21)(C(C)C)C(C)C. The van der Waals surface area contributed by atoms with Crippen LogP contribution in [0.5, 0.6) is 0 Å². The molecule has 2 aromatic rings. The van der Waals surface area contributed by atoms with Crippen molar-refractivity contribution < 1.29 is 25.8 Å². The Morgan fingerprint density at radius 3 is 2.11 bits per heavy atom. The van der Waals surface area contributed by atoms with Crippen LogP contribution in [-0.4, -0.2) is 28.0 Å². The van der Waals surface area contributed by atoms with Crippen LogP contribution in [0, 0.1) is 11.6 Å². The van der Waals surface area contributed by atoms with Gasteiger partial charge < -0.3 is 4.43 Å². The van der Waals surface area contributed by atoms with E-state index in [2.05, 4.69) is 46.5 Å². The summed E-state index contributed by atoms with van der Waals surface area (Å²) in [5.74, 6) is -2.69. The molecule has 1 heterocycles. The van der Waals surface area contributed by atoms with E-state index in [0.717, 1.165) is 12.3 Å². The van der Waals surface area contributed by atoms with Gasteiger partial charge in [0.2, 0.25) is 8.32 Å². The standard InChI is InChI=1S/C26H37F2NO4SSi/c1-16(2)35(17(3)4,18(5)6)33-23-14-13-20(19-10-8-12-22(27)24(19)28)26(32-34(7,30)31)21-11-9-15-29-25(21)23/h8-12,15-18,20,23,26H,13-14H2,1-7H3. The van der Waals surface area contributed by atoms with E-state index in [4.69, 9.17) is 8.61 Å². The van der Waals surface area contributed by atoms with Gasteiger partial charge in [0.05, 0.1) is 18.1 Å². The fourth-order valence-corrected chi connectivity index (χ4v) is 12.1. The number of rotatable bonds is 8. The lowest BCUT2D eigenvalue weighted by atomic mass is 9.87. The molecule has 0 fully saturated rings. The summed E-state index contributed by atoms with van der Waals surface area (Å²) < 4.78 is 66.4. The highest BCUT2D eigenvalue weighted by atomic mass is 32.2. The summed E-state index contributed by atoms with van der Waals surface area (Å²) in [6.45, 7) is 13.2. The number of hydrogen-bond donors (Lipinski definition) is 0. The number of halogens is 2. The van der Waals surface area contributed by atoms with Gasteiger partial charge in [0.1, 0.15) is 6.10 Å². The maximum atomic E-state index is 15.0. The van der Waals surface area contributed by atoms with Crippen LogP contribution in [0.1, 0.15) is 89.3 Å². The minimum Gasteiger partial charge on any atom is -0.408 e. The zero-order chi connectivity index (χ0) is 26.1. The van der Waals surface area contributed by atoms with E-state index in [1.807, 2.05) is 0 Å². The molecule has 9 heteroatoms. The maximum Gasteiger partial charge on any atom is 0.264 e. The molecule has 1 aromatic heterocycles. The van der Waals surface area contributed by atoms with Crippen LogP contribution in [0.2, 0.25) is 16.6 Å². The van der Waals surface area contributed by atoms with Gasteiger partial charge in [0, 0.05) is 17.7 Å². The van der Waals surface area contributed by atoms with Crippen molar-refractivity contribution in [1.29, 1.82) is 0 Å². The molecule has 0 saturated heterocycles. The van der Waals surface area contributed by atoms with E-state index >= 15 is 0 Å². The molecule has 194 valence electrons. The molecule has 3 atom stereocenters. The van der Waals surface area contributed by atoms with Crippen molar-refractivity contribution in [3.05, 3.63) is 65.0 Å². The number of fused-ring (bicyclic) bond motifs is 1. The molecule has 0 bridgehead atoms. The second-order valence-corrected chi connectivity index (χ2v) is 17.5. The van der Waals surface area contributed by atoms with Crippen molar-refractivity contribution in [3.8, 4) is 0 Å². The topological polar surface area (TPSA) is 65.5 Å². The molecule has 0 saturated carbocycles. The first-order valence-electron chi connectivity index (χ1n) is 12.2. The number of benzene rings is 1. The number of nitrogens with zero attached hydrogens (tertiary/aromatic N) is 1. The van der Waals surface area contributed by atoms with Crippen molar-refractivity contribution in [3.63, 3.8) is 0 Å². The van der Waals surface area contributed by atoms with Crippen molar-refractivity contribution in [2.24, 2.45) is 0 Å². The molecule has 1 aliphatic carbocycles. The van der Waals surface area contributed by atoms with Crippen molar-refractivity contribution >= 4 is 18.4 Å². The van der Waals surface area contributed by atoms with Crippen molar-refractivity contribution in [1.82, 2.24) is 4.98 Å². The third-order valence-electron chi connectivity index (χ3n) is 7.30. The van der Waals surface area contributed by atoms with Crippen LogP contribution in [0.3, 0.4) is 0 Å². The van der Waals surface area contributed by atoms with Gasteiger partial charge >= 0.3 is 0 Å². The summed E-state index contributed by atoms with van der Waals surface area (Å²) in [6, 6.07) is 7.44. The maximum absolute atomic E-state index is 15.0. The monoisotopic (exact) mass is 525 g/mol. The van der Waals surface area contributed by atoms with Gasteiger partial charge in [0.25, 0.3) is 10.1 Å². The van der Waals surface area contributed by atoms with Crippen LogP contribution in [0.25, 0.3) is 0 Å². The van der Waals surface area contributed by atoms with E-state index in [0.29, 0.717) is 40.7 Å². The number of aromatic nitrogens is 1. The lowest BCUT2D eigenvalue weighted by Crippen LogP contribution is -2.48. The van der Waals surface area contributed by atoms with E-state index in [1.54, 1.807) is 18.3 Å². The van der Waals surface area contributed by atoms with E-state index in [1.165, 1.54) is 12.1 Å². The zero-order valence-electron chi connectivity index (χ0n) is 21.6. The first kappa shape index (κ1) is 27.9. The van der Waals surface area contributed by atoms with Gasteiger partial charge in [-0.1, -0.05) is 59.7 Å². The molecule has 0 spiro atoms. The highest BCUT2D eigenvalue weighted by molar-refractivity contribution is 7.86. The molecule has 3 unspecified atom stereocenters. The first-order valence-corrected chi connectivity index (χ1v) is 16.2. The fraction of sp³-hybridized carbons (Fsp3) is 0.577. The van der Waals surface area contributed by atoms with Gasteiger partial charge in [-0.25, -0.2) is 8.78 Å². The molecule has 0 amide bonds. The summed E-state index contributed by atoms with van der Waals surface area (Å²) >= 11 is 0. The Morgan fingerprint density at radius 1 is 0.943 bits per heavy atom. The van der Waals surface area contributed by atoms with Crippen LogP contribution in [0.15, 0.2) is 36.5 Å². The van der Waals surface area contributed by atoms with Crippen molar-refractivity contribution in [2.45, 2.75) is 89.1 Å². The Bertz CT molecular complexity index is 1120. The molecule has 0 aliphatic heterocycles. The summed E-state index contributed by atoms with van der Waals surface area (Å²) in [5, 5.41) is 0. The van der Waals surface area contributed by atoms with Crippen LogP contribution < -0.4 is 0 Å². The smallest absolute Gasteiger partial charge is 0.264 e. The molecule has 35 heavy (non-hydrogen) atoms. The summed E-state index contributed by atoms with van der Waals surface area (Å²) in [6.07, 6.45) is 1.99. The molecular weight excluding hydrogens is 488 g/mol. The van der Waals surface area contributed by atoms with Gasteiger partial charge in [-0.15, -0.1) is 0 Å². The second-order valence-electron chi connectivity index (χ2n) is 10.4. The zero-order valence-corrected chi connectivity index (χ0v) is 23.4. The minimum atomic E-state index is -3.92. The normalized spacial score (nSPS) is 21.4. The third-order valence-corrected chi connectivity index (χ3v) is 14.0. The number of hydrogen-bond acceptors (Lipinski definition) is 5.